The molecule has 0 heterocycles. The van der Waals surface area contributed by atoms with E-state index >= 15 is 0 Å². The van der Waals surface area contributed by atoms with Crippen molar-refractivity contribution in [1.29, 1.82) is 0 Å². The molecule has 134 valence electrons. The van der Waals surface area contributed by atoms with E-state index < -0.39 is 27.7 Å². The number of nitrogens with zero attached hydrogens (tertiary/aromatic N) is 1. The zero-order valence-corrected chi connectivity index (χ0v) is 14.1. The van der Waals surface area contributed by atoms with Crippen molar-refractivity contribution >= 4 is 27.3 Å². The maximum atomic E-state index is 13.0. The average Bonchev–Trinajstić information content (AvgIpc) is 2.53. The third-order valence-corrected chi connectivity index (χ3v) is 4.66. The van der Waals surface area contributed by atoms with Gasteiger partial charge in [-0.05, 0) is 30.3 Å². The number of anilines is 2. The third kappa shape index (κ3) is 4.50. The van der Waals surface area contributed by atoms with Crippen LogP contribution in [0.3, 0.4) is 0 Å². The van der Waals surface area contributed by atoms with Gasteiger partial charge in [0.15, 0.2) is 0 Å². The predicted octanol–water partition coefficient (Wildman–Crippen LogP) is 3.35. The molecule has 0 radical (unpaired) electrons. The fourth-order valence-electron chi connectivity index (χ4n) is 2.07. The molecule has 0 saturated carbocycles. The number of sulfonamides is 1. The van der Waals surface area contributed by atoms with E-state index in [2.05, 4.69) is 5.32 Å². The Morgan fingerprint density at radius 2 is 1.72 bits per heavy atom. The van der Waals surface area contributed by atoms with Crippen molar-refractivity contribution in [3.05, 3.63) is 59.7 Å². The average molecular weight is 372 g/mol. The molecule has 2 rings (SSSR count). The van der Waals surface area contributed by atoms with Gasteiger partial charge in [0.1, 0.15) is 0 Å². The van der Waals surface area contributed by atoms with Gasteiger partial charge in [-0.2, -0.15) is 13.2 Å². The molecule has 0 saturated heterocycles. The Labute approximate surface area is 143 Å². The van der Waals surface area contributed by atoms with Crippen LogP contribution in [0.5, 0.6) is 0 Å². The van der Waals surface area contributed by atoms with Gasteiger partial charge in [-0.25, -0.2) is 8.42 Å². The van der Waals surface area contributed by atoms with Gasteiger partial charge in [-0.1, -0.05) is 18.2 Å². The van der Waals surface area contributed by atoms with Crippen molar-refractivity contribution in [3.63, 3.8) is 0 Å². The molecule has 0 unspecified atom stereocenters. The van der Waals surface area contributed by atoms with Crippen LogP contribution >= 0.6 is 0 Å². The van der Waals surface area contributed by atoms with Crippen LogP contribution in [0.1, 0.15) is 15.9 Å². The van der Waals surface area contributed by atoms with Crippen LogP contribution in [-0.2, 0) is 16.2 Å². The Balaban J connectivity index is 2.32. The topological polar surface area (TPSA) is 66.5 Å². The molecule has 1 amide bonds. The van der Waals surface area contributed by atoms with Crippen LogP contribution in [-0.4, -0.2) is 27.6 Å². The minimum Gasteiger partial charge on any atom is -0.321 e. The van der Waals surface area contributed by atoms with Gasteiger partial charge < -0.3 is 5.32 Å². The monoisotopic (exact) mass is 372 g/mol. The molecule has 0 spiro atoms. The van der Waals surface area contributed by atoms with Crippen molar-refractivity contribution in [2.45, 2.75) is 6.18 Å². The summed E-state index contributed by atoms with van der Waals surface area (Å²) in [7, 11) is -2.22. The van der Waals surface area contributed by atoms with E-state index in [0.717, 1.165) is 22.7 Å². The van der Waals surface area contributed by atoms with Crippen molar-refractivity contribution in [3.8, 4) is 0 Å². The van der Waals surface area contributed by atoms with Gasteiger partial charge in [0.2, 0.25) is 10.0 Å². The van der Waals surface area contributed by atoms with Gasteiger partial charge in [-0.3, -0.25) is 9.10 Å². The van der Waals surface area contributed by atoms with Crippen molar-refractivity contribution in [2.75, 3.05) is 22.9 Å². The molecule has 2 aromatic carbocycles. The summed E-state index contributed by atoms with van der Waals surface area (Å²) < 4.78 is 63.0. The highest BCUT2D eigenvalue weighted by Gasteiger charge is 2.33. The summed E-state index contributed by atoms with van der Waals surface area (Å²) in [5.74, 6) is -0.777. The first-order valence-corrected chi connectivity index (χ1v) is 8.86. The summed E-state index contributed by atoms with van der Waals surface area (Å²) in [6.45, 7) is 0. The van der Waals surface area contributed by atoms with Crippen molar-refractivity contribution < 1.29 is 26.4 Å². The summed E-state index contributed by atoms with van der Waals surface area (Å²) in [5, 5.41) is 2.21. The number of halogens is 3. The molecule has 2 aromatic rings. The van der Waals surface area contributed by atoms with E-state index in [-0.39, 0.29) is 16.9 Å². The summed E-state index contributed by atoms with van der Waals surface area (Å²) >= 11 is 0. The van der Waals surface area contributed by atoms with E-state index in [1.807, 2.05) is 0 Å². The number of carbonyl (C=O) groups excluding carboxylic acids is 1. The zero-order valence-electron chi connectivity index (χ0n) is 13.3. The Morgan fingerprint density at radius 3 is 2.32 bits per heavy atom. The lowest BCUT2D eigenvalue weighted by molar-refractivity contribution is -0.136. The quantitative estimate of drug-likeness (QED) is 0.895. The molecule has 0 aromatic heterocycles. The third-order valence-electron chi connectivity index (χ3n) is 3.45. The normalized spacial score (nSPS) is 11.9. The number of carbonyl (C=O) groups is 1. The van der Waals surface area contributed by atoms with Crippen LogP contribution in [0.25, 0.3) is 0 Å². The van der Waals surface area contributed by atoms with E-state index in [1.54, 1.807) is 0 Å². The number of alkyl halides is 3. The molecule has 1 N–H and O–H groups in total. The molecule has 0 aliphatic carbocycles. The summed E-state index contributed by atoms with van der Waals surface area (Å²) in [6, 6.07) is 10.2. The smallest absolute Gasteiger partial charge is 0.321 e. The van der Waals surface area contributed by atoms with E-state index in [9.17, 15) is 26.4 Å². The minimum atomic E-state index is -4.61. The van der Waals surface area contributed by atoms with Gasteiger partial charge >= 0.3 is 6.18 Å². The summed E-state index contributed by atoms with van der Waals surface area (Å²) in [6.07, 6.45) is -3.61. The van der Waals surface area contributed by atoms with Crippen molar-refractivity contribution in [1.82, 2.24) is 0 Å². The molecule has 9 heteroatoms. The highest BCUT2D eigenvalue weighted by Crippen LogP contribution is 2.34. The van der Waals surface area contributed by atoms with Gasteiger partial charge in [0.25, 0.3) is 5.91 Å². The molecular weight excluding hydrogens is 357 g/mol. The van der Waals surface area contributed by atoms with E-state index in [4.69, 9.17) is 0 Å². The van der Waals surface area contributed by atoms with Crippen LogP contribution in [0.15, 0.2) is 48.5 Å². The first-order valence-electron chi connectivity index (χ1n) is 7.01. The minimum absolute atomic E-state index is 0.0324. The zero-order chi connectivity index (χ0) is 18.8. The predicted molar refractivity (Wildman–Crippen MR) is 89.1 cm³/mol. The Kier molecular flexibility index (Phi) is 5.07. The molecule has 0 fully saturated rings. The fraction of sp³-hybridized carbons (Fsp3) is 0.188. The summed E-state index contributed by atoms with van der Waals surface area (Å²) in [4.78, 5) is 12.3. The van der Waals surface area contributed by atoms with E-state index in [1.165, 1.54) is 43.4 Å². The van der Waals surface area contributed by atoms with Crippen LogP contribution in [0.4, 0.5) is 24.5 Å². The SMILES string of the molecule is CN(c1cccc(C(=O)Nc2ccccc2C(F)(F)F)c1)S(C)(=O)=O. The molecule has 5 nitrogen and oxygen atoms in total. The molecule has 25 heavy (non-hydrogen) atoms. The van der Waals surface area contributed by atoms with Crippen LogP contribution < -0.4 is 9.62 Å². The second-order valence-corrected chi connectivity index (χ2v) is 7.29. The second kappa shape index (κ2) is 6.75. The van der Waals surface area contributed by atoms with Crippen LogP contribution in [0, 0.1) is 0 Å². The van der Waals surface area contributed by atoms with Gasteiger partial charge in [-0.15, -0.1) is 0 Å². The lowest BCUT2D eigenvalue weighted by Crippen LogP contribution is -2.25. The highest BCUT2D eigenvalue weighted by molar-refractivity contribution is 7.92. The number of hydrogen-bond acceptors (Lipinski definition) is 3. The van der Waals surface area contributed by atoms with Gasteiger partial charge in [0, 0.05) is 12.6 Å². The maximum absolute atomic E-state index is 13.0. The fourth-order valence-corrected chi connectivity index (χ4v) is 2.56. The standard InChI is InChI=1S/C16H15F3N2O3S/c1-21(25(2,23)24)12-7-5-6-11(10-12)15(22)20-14-9-4-3-8-13(14)16(17,18)19/h3-10H,1-2H3,(H,20,22). The molecule has 0 aliphatic rings. The first-order chi connectivity index (χ1) is 11.5. The number of rotatable bonds is 4. The number of amides is 1. The first kappa shape index (κ1) is 18.8. The second-order valence-electron chi connectivity index (χ2n) is 5.28. The van der Waals surface area contributed by atoms with Crippen LogP contribution in [0.2, 0.25) is 0 Å². The number of benzene rings is 2. The Morgan fingerprint density at radius 1 is 1.08 bits per heavy atom. The maximum Gasteiger partial charge on any atom is 0.418 e. The Bertz CT molecular complexity index is 895. The van der Waals surface area contributed by atoms with Gasteiger partial charge in [0.05, 0.1) is 23.2 Å². The molecule has 0 bridgehead atoms. The molecule has 0 aliphatic heterocycles. The number of hydrogen-bond donors (Lipinski definition) is 1. The lowest BCUT2D eigenvalue weighted by atomic mass is 10.1. The molecule has 0 atom stereocenters. The number of para-hydroxylation sites is 1. The largest absolute Gasteiger partial charge is 0.418 e. The van der Waals surface area contributed by atoms with Crippen molar-refractivity contribution in [2.24, 2.45) is 0 Å². The summed E-state index contributed by atoms with van der Waals surface area (Å²) in [5.41, 5.74) is -1.08. The highest BCUT2D eigenvalue weighted by atomic mass is 32.2. The lowest BCUT2D eigenvalue weighted by Gasteiger charge is -2.17. The Hall–Kier alpha value is -2.55. The number of nitrogens with one attached hydrogen (secondary N) is 1. The molecular formula is C16H15F3N2O3S. The van der Waals surface area contributed by atoms with E-state index in [0.29, 0.717) is 0 Å².